The van der Waals surface area contributed by atoms with Gasteiger partial charge in [-0.05, 0) is 31.8 Å². The van der Waals surface area contributed by atoms with Crippen LogP contribution in [0, 0.1) is 5.92 Å². The van der Waals surface area contributed by atoms with Gasteiger partial charge in [-0.3, -0.25) is 0 Å². The van der Waals surface area contributed by atoms with Crippen LogP contribution in [-0.4, -0.2) is 29.7 Å². The van der Waals surface area contributed by atoms with Gasteiger partial charge in [0.1, 0.15) is 6.33 Å². The van der Waals surface area contributed by atoms with Gasteiger partial charge in [0.2, 0.25) is 5.88 Å². The van der Waals surface area contributed by atoms with Crippen molar-refractivity contribution in [1.29, 1.82) is 0 Å². The minimum absolute atomic E-state index is 0. The molecule has 16 heavy (non-hydrogen) atoms. The van der Waals surface area contributed by atoms with Gasteiger partial charge in [-0.15, -0.1) is 24.8 Å². The molecule has 0 atom stereocenters. The number of nitrogens with one attached hydrogen (secondary N) is 1. The molecule has 1 saturated heterocycles. The monoisotopic (exact) mass is 265 g/mol. The molecule has 0 bridgehead atoms. The van der Waals surface area contributed by atoms with E-state index in [9.17, 15) is 0 Å². The fraction of sp³-hybridized carbons (Fsp3) is 0.600. The van der Waals surface area contributed by atoms with Crippen LogP contribution in [0.2, 0.25) is 0 Å². The van der Waals surface area contributed by atoms with Crippen LogP contribution in [0.4, 0.5) is 0 Å². The van der Waals surface area contributed by atoms with Crippen LogP contribution in [0.3, 0.4) is 0 Å². The van der Waals surface area contributed by atoms with Crippen molar-refractivity contribution in [2.75, 3.05) is 19.7 Å². The molecule has 1 fully saturated rings. The van der Waals surface area contributed by atoms with E-state index in [0.717, 1.165) is 19.7 Å². The first kappa shape index (κ1) is 15.4. The third-order valence-corrected chi connectivity index (χ3v) is 2.48. The number of ether oxygens (including phenoxy) is 1. The van der Waals surface area contributed by atoms with Gasteiger partial charge in [0, 0.05) is 12.3 Å². The Kier molecular flexibility index (Phi) is 8.25. The molecule has 0 spiro atoms. The van der Waals surface area contributed by atoms with Crippen LogP contribution >= 0.6 is 24.8 Å². The quantitative estimate of drug-likeness (QED) is 0.904. The third kappa shape index (κ3) is 4.96. The molecule has 1 aliphatic rings. The normalized spacial score (nSPS) is 15.8. The van der Waals surface area contributed by atoms with Crippen molar-refractivity contribution < 1.29 is 4.74 Å². The first-order chi connectivity index (χ1) is 6.95. The second kappa shape index (κ2) is 8.56. The molecule has 0 aromatic carbocycles. The zero-order valence-corrected chi connectivity index (χ0v) is 10.6. The van der Waals surface area contributed by atoms with Gasteiger partial charge in [0.15, 0.2) is 0 Å². The van der Waals surface area contributed by atoms with Crippen molar-refractivity contribution in [2.45, 2.75) is 12.8 Å². The summed E-state index contributed by atoms with van der Waals surface area (Å²) in [5.74, 6) is 1.35. The summed E-state index contributed by atoms with van der Waals surface area (Å²) in [6.45, 7) is 2.99. The molecule has 0 saturated carbocycles. The summed E-state index contributed by atoms with van der Waals surface area (Å²) in [7, 11) is 0. The highest BCUT2D eigenvalue weighted by Gasteiger charge is 2.13. The minimum atomic E-state index is 0. The summed E-state index contributed by atoms with van der Waals surface area (Å²) in [4.78, 5) is 7.85. The Morgan fingerprint density at radius 2 is 2.06 bits per heavy atom. The van der Waals surface area contributed by atoms with Gasteiger partial charge in [-0.2, -0.15) is 0 Å². The van der Waals surface area contributed by atoms with Crippen LogP contribution in [0.15, 0.2) is 18.6 Å². The average molecular weight is 266 g/mol. The maximum atomic E-state index is 5.57. The molecule has 0 aliphatic carbocycles. The predicted octanol–water partition coefficient (Wildman–Crippen LogP) is 1.70. The number of halogens is 2. The highest BCUT2D eigenvalue weighted by Crippen LogP contribution is 2.13. The Balaban J connectivity index is 0.00000112. The van der Waals surface area contributed by atoms with E-state index < -0.39 is 0 Å². The number of hydrogen-bond donors (Lipinski definition) is 1. The number of nitrogens with zero attached hydrogens (tertiary/aromatic N) is 2. The lowest BCUT2D eigenvalue weighted by atomic mass is 9.99. The number of piperidine rings is 1. The lowest BCUT2D eigenvalue weighted by Gasteiger charge is -2.22. The predicted molar refractivity (Wildman–Crippen MR) is 67.6 cm³/mol. The topological polar surface area (TPSA) is 47.0 Å². The van der Waals surface area contributed by atoms with E-state index >= 15 is 0 Å². The summed E-state index contributed by atoms with van der Waals surface area (Å²) >= 11 is 0. The van der Waals surface area contributed by atoms with Crippen molar-refractivity contribution in [3.63, 3.8) is 0 Å². The third-order valence-electron chi connectivity index (χ3n) is 2.48. The molecule has 6 heteroatoms. The lowest BCUT2D eigenvalue weighted by Crippen LogP contribution is -2.30. The molecule has 4 nitrogen and oxygen atoms in total. The fourth-order valence-corrected chi connectivity index (χ4v) is 1.62. The fourth-order valence-electron chi connectivity index (χ4n) is 1.62. The Morgan fingerprint density at radius 3 is 2.69 bits per heavy atom. The van der Waals surface area contributed by atoms with Gasteiger partial charge in [0.05, 0.1) is 6.61 Å². The van der Waals surface area contributed by atoms with Gasteiger partial charge in [-0.25, -0.2) is 9.97 Å². The zero-order valence-electron chi connectivity index (χ0n) is 8.96. The second-order valence-corrected chi connectivity index (χ2v) is 3.55. The lowest BCUT2D eigenvalue weighted by molar-refractivity contribution is 0.208. The summed E-state index contributed by atoms with van der Waals surface area (Å²) in [6, 6.07) is 1.79. The van der Waals surface area contributed by atoms with E-state index in [4.69, 9.17) is 4.74 Å². The molecule has 0 amide bonds. The SMILES string of the molecule is Cl.Cl.c1cc(OCC2CCNCC2)ncn1. The van der Waals surface area contributed by atoms with E-state index in [1.807, 2.05) is 0 Å². The Labute approximate surface area is 108 Å². The van der Waals surface area contributed by atoms with Gasteiger partial charge >= 0.3 is 0 Å². The van der Waals surface area contributed by atoms with Crippen molar-refractivity contribution >= 4 is 24.8 Å². The standard InChI is InChI=1S/C10H15N3O.2ClH/c1-4-11-5-2-9(1)7-14-10-3-6-12-8-13-10;;/h3,6,8-9,11H,1-2,4-5,7H2;2*1H. The molecule has 1 aromatic heterocycles. The first-order valence-electron chi connectivity index (χ1n) is 5.04. The second-order valence-electron chi connectivity index (χ2n) is 3.55. The van der Waals surface area contributed by atoms with Gasteiger partial charge in [-0.1, -0.05) is 0 Å². The first-order valence-corrected chi connectivity index (χ1v) is 5.04. The Hall–Kier alpha value is -0.580. The summed E-state index contributed by atoms with van der Waals surface area (Å²) in [6.07, 6.45) is 5.61. The maximum absolute atomic E-state index is 5.57. The van der Waals surface area contributed by atoms with Gasteiger partial charge < -0.3 is 10.1 Å². The number of aromatic nitrogens is 2. The molecule has 1 aliphatic heterocycles. The van der Waals surface area contributed by atoms with Gasteiger partial charge in [0.25, 0.3) is 0 Å². The van der Waals surface area contributed by atoms with Crippen LogP contribution in [0.1, 0.15) is 12.8 Å². The summed E-state index contributed by atoms with van der Waals surface area (Å²) < 4.78 is 5.57. The van der Waals surface area contributed by atoms with E-state index in [1.165, 1.54) is 19.2 Å². The highest BCUT2D eigenvalue weighted by molar-refractivity contribution is 5.85. The molecular formula is C10H17Cl2N3O. The summed E-state index contributed by atoms with van der Waals surface area (Å²) in [5, 5.41) is 3.33. The molecular weight excluding hydrogens is 249 g/mol. The van der Waals surface area contributed by atoms with Crippen molar-refractivity contribution in [2.24, 2.45) is 5.92 Å². The molecule has 1 N–H and O–H groups in total. The largest absolute Gasteiger partial charge is 0.477 e. The minimum Gasteiger partial charge on any atom is -0.477 e. The summed E-state index contributed by atoms with van der Waals surface area (Å²) in [5.41, 5.74) is 0. The van der Waals surface area contributed by atoms with E-state index in [0.29, 0.717) is 11.8 Å². The van der Waals surface area contributed by atoms with Crippen LogP contribution in [0.25, 0.3) is 0 Å². The molecule has 2 rings (SSSR count). The van der Waals surface area contributed by atoms with Crippen molar-refractivity contribution in [3.05, 3.63) is 18.6 Å². The average Bonchev–Trinajstić information content (AvgIpc) is 2.29. The van der Waals surface area contributed by atoms with E-state index in [1.54, 1.807) is 12.3 Å². The molecule has 1 aromatic rings. The molecule has 2 heterocycles. The van der Waals surface area contributed by atoms with Crippen molar-refractivity contribution in [3.8, 4) is 5.88 Å². The molecule has 0 unspecified atom stereocenters. The van der Waals surface area contributed by atoms with Crippen LogP contribution in [-0.2, 0) is 0 Å². The molecule has 92 valence electrons. The Morgan fingerprint density at radius 1 is 1.31 bits per heavy atom. The zero-order chi connectivity index (χ0) is 9.64. The highest BCUT2D eigenvalue weighted by atomic mass is 35.5. The van der Waals surface area contributed by atoms with E-state index in [-0.39, 0.29) is 24.8 Å². The number of rotatable bonds is 3. The Bertz CT molecular complexity index is 268. The number of hydrogen-bond acceptors (Lipinski definition) is 4. The smallest absolute Gasteiger partial charge is 0.216 e. The molecule has 0 radical (unpaired) electrons. The van der Waals surface area contributed by atoms with E-state index in [2.05, 4.69) is 15.3 Å². The van der Waals surface area contributed by atoms with Crippen molar-refractivity contribution in [1.82, 2.24) is 15.3 Å². The van der Waals surface area contributed by atoms with Crippen LogP contribution in [0.5, 0.6) is 5.88 Å². The van der Waals surface area contributed by atoms with Crippen LogP contribution < -0.4 is 10.1 Å². The maximum Gasteiger partial charge on any atom is 0.216 e.